The predicted octanol–water partition coefficient (Wildman–Crippen LogP) is 2.80. The molecule has 0 bridgehead atoms. The standard InChI is InChI=1S/C15H13ClN6OS/c16-11-3-1-10(2-4-11)13(23)9-21-15(24)22(14(17)20-21)19-12-5-7-18-8-6-12/h1-8H,9H2,(H2,17,20)(H,18,19). The number of benzene rings is 1. The third kappa shape index (κ3) is 3.44. The lowest BCUT2D eigenvalue weighted by Gasteiger charge is -2.07. The quantitative estimate of drug-likeness (QED) is 0.537. The summed E-state index contributed by atoms with van der Waals surface area (Å²) in [7, 11) is 0. The first-order chi connectivity index (χ1) is 11.5. The highest BCUT2D eigenvalue weighted by molar-refractivity contribution is 7.71. The number of carbonyl (C=O) groups is 1. The summed E-state index contributed by atoms with van der Waals surface area (Å²) in [5.74, 6) is 0.0112. The lowest BCUT2D eigenvalue weighted by Crippen LogP contribution is -2.14. The van der Waals surface area contributed by atoms with Crippen molar-refractivity contribution < 1.29 is 4.79 Å². The monoisotopic (exact) mass is 360 g/mol. The molecule has 0 aliphatic carbocycles. The Morgan fingerprint density at radius 3 is 2.54 bits per heavy atom. The van der Waals surface area contributed by atoms with Gasteiger partial charge in [0, 0.05) is 23.0 Å². The smallest absolute Gasteiger partial charge is 0.240 e. The Balaban J connectivity index is 1.82. The van der Waals surface area contributed by atoms with Gasteiger partial charge in [-0.1, -0.05) is 11.6 Å². The molecule has 0 unspecified atom stereocenters. The number of nitrogens with one attached hydrogen (secondary N) is 1. The van der Waals surface area contributed by atoms with E-state index in [0.717, 1.165) is 5.69 Å². The van der Waals surface area contributed by atoms with Crippen molar-refractivity contribution in [3.63, 3.8) is 0 Å². The molecule has 0 fully saturated rings. The molecule has 0 aliphatic rings. The van der Waals surface area contributed by atoms with Crippen LogP contribution in [0.2, 0.25) is 5.02 Å². The molecule has 0 spiro atoms. The number of rotatable bonds is 5. The van der Waals surface area contributed by atoms with E-state index in [9.17, 15) is 4.79 Å². The van der Waals surface area contributed by atoms with E-state index in [2.05, 4.69) is 15.5 Å². The molecule has 2 heterocycles. The summed E-state index contributed by atoms with van der Waals surface area (Å²) >= 11 is 11.2. The van der Waals surface area contributed by atoms with E-state index in [4.69, 9.17) is 29.6 Å². The maximum absolute atomic E-state index is 12.3. The fraction of sp³-hybridized carbons (Fsp3) is 0.0667. The molecule has 9 heteroatoms. The molecule has 3 aromatic rings. The maximum Gasteiger partial charge on any atom is 0.240 e. The Hall–Kier alpha value is -2.71. The predicted molar refractivity (Wildman–Crippen MR) is 94.5 cm³/mol. The molecule has 7 nitrogen and oxygen atoms in total. The van der Waals surface area contributed by atoms with Crippen LogP contribution in [0.15, 0.2) is 48.8 Å². The van der Waals surface area contributed by atoms with E-state index in [-0.39, 0.29) is 23.0 Å². The third-order valence-electron chi connectivity index (χ3n) is 3.25. The molecule has 1 aromatic carbocycles. The van der Waals surface area contributed by atoms with Crippen molar-refractivity contribution in [2.24, 2.45) is 0 Å². The normalized spacial score (nSPS) is 10.5. The molecule has 0 saturated carbocycles. The molecule has 0 atom stereocenters. The van der Waals surface area contributed by atoms with Crippen LogP contribution in [-0.2, 0) is 6.54 Å². The number of nitrogens with two attached hydrogens (primary N) is 1. The van der Waals surface area contributed by atoms with E-state index in [1.54, 1.807) is 48.8 Å². The highest BCUT2D eigenvalue weighted by Crippen LogP contribution is 2.12. The molecule has 0 radical (unpaired) electrons. The van der Waals surface area contributed by atoms with Gasteiger partial charge >= 0.3 is 0 Å². The van der Waals surface area contributed by atoms with Gasteiger partial charge in [0.1, 0.15) is 6.54 Å². The van der Waals surface area contributed by atoms with Gasteiger partial charge in [-0.3, -0.25) is 15.2 Å². The molecule has 0 aliphatic heterocycles. The Kier molecular flexibility index (Phi) is 4.59. The van der Waals surface area contributed by atoms with Crippen LogP contribution in [0, 0.1) is 4.77 Å². The molecule has 0 saturated heterocycles. The second-order valence-corrected chi connectivity index (χ2v) is 5.71. The zero-order valence-corrected chi connectivity index (χ0v) is 14.0. The molecule has 24 heavy (non-hydrogen) atoms. The number of carbonyl (C=O) groups excluding carboxylic acids is 1. The van der Waals surface area contributed by atoms with Gasteiger partial charge in [0.15, 0.2) is 5.78 Å². The van der Waals surface area contributed by atoms with Gasteiger partial charge in [0.05, 0.1) is 5.69 Å². The van der Waals surface area contributed by atoms with Crippen molar-refractivity contribution in [2.45, 2.75) is 6.54 Å². The Bertz CT molecular complexity index is 919. The zero-order chi connectivity index (χ0) is 17.1. The topological polar surface area (TPSA) is 90.8 Å². The van der Waals surface area contributed by atoms with Crippen LogP contribution in [-0.4, -0.2) is 25.2 Å². The molecule has 3 N–H and O–H groups in total. The number of ketones is 1. The first-order valence-electron chi connectivity index (χ1n) is 6.96. The Morgan fingerprint density at radius 2 is 1.88 bits per heavy atom. The van der Waals surface area contributed by atoms with E-state index < -0.39 is 0 Å². The van der Waals surface area contributed by atoms with Crippen molar-refractivity contribution in [2.75, 3.05) is 11.2 Å². The van der Waals surface area contributed by atoms with Crippen LogP contribution >= 0.6 is 23.8 Å². The lowest BCUT2D eigenvalue weighted by atomic mass is 10.1. The summed E-state index contributed by atoms with van der Waals surface area (Å²) in [5, 5.41) is 4.69. The van der Waals surface area contributed by atoms with Gasteiger partial charge < -0.3 is 5.73 Å². The number of hydrogen-bond acceptors (Lipinski definition) is 6. The fourth-order valence-corrected chi connectivity index (χ4v) is 2.42. The minimum absolute atomic E-state index is 0.0182. The van der Waals surface area contributed by atoms with E-state index >= 15 is 0 Å². The average Bonchev–Trinajstić information content (AvgIpc) is 2.84. The van der Waals surface area contributed by atoms with Gasteiger partial charge in [-0.2, -0.15) is 4.68 Å². The van der Waals surface area contributed by atoms with E-state index in [1.165, 1.54) is 9.36 Å². The highest BCUT2D eigenvalue weighted by atomic mass is 35.5. The first kappa shape index (κ1) is 16.2. The molecular weight excluding hydrogens is 348 g/mol. The third-order valence-corrected chi connectivity index (χ3v) is 3.89. The molecular formula is C15H13ClN6OS. The van der Waals surface area contributed by atoms with Crippen molar-refractivity contribution >= 4 is 41.2 Å². The van der Waals surface area contributed by atoms with Crippen molar-refractivity contribution in [3.8, 4) is 0 Å². The summed E-state index contributed by atoms with van der Waals surface area (Å²) in [5.41, 5.74) is 10.2. The number of anilines is 2. The van der Waals surface area contributed by atoms with Gasteiger partial charge in [0.25, 0.3) is 0 Å². The maximum atomic E-state index is 12.3. The van der Waals surface area contributed by atoms with Crippen LogP contribution in [0.1, 0.15) is 10.4 Å². The fourth-order valence-electron chi connectivity index (χ4n) is 2.05. The van der Waals surface area contributed by atoms with Gasteiger partial charge in [-0.05, 0) is 48.6 Å². The van der Waals surface area contributed by atoms with Crippen LogP contribution in [0.3, 0.4) is 0 Å². The lowest BCUT2D eigenvalue weighted by molar-refractivity contribution is 0.0967. The number of Topliss-reactive ketones (excluding diaryl/α,β-unsaturated/α-hetero) is 1. The number of hydrogen-bond donors (Lipinski definition) is 2. The average molecular weight is 361 g/mol. The van der Waals surface area contributed by atoms with Crippen molar-refractivity contribution in [1.29, 1.82) is 0 Å². The number of pyridine rings is 1. The van der Waals surface area contributed by atoms with Crippen LogP contribution in [0.4, 0.5) is 11.6 Å². The summed E-state index contributed by atoms with van der Waals surface area (Å²) in [6.45, 7) is -0.0182. The molecule has 122 valence electrons. The summed E-state index contributed by atoms with van der Waals surface area (Å²) in [6, 6.07) is 10.2. The minimum Gasteiger partial charge on any atom is -0.366 e. The van der Waals surface area contributed by atoms with Crippen LogP contribution < -0.4 is 11.2 Å². The largest absolute Gasteiger partial charge is 0.366 e. The number of aromatic nitrogens is 4. The summed E-state index contributed by atoms with van der Waals surface area (Å²) < 4.78 is 3.09. The second-order valence-electron chi connectivity index (χ2n) is 4.91. The first-order valence-corrected chi connectivity index (χ1v) is 7.74. The Morgan fingerprint density at radius 1 is 1.21 bits per heavy atom. The number of nitrogen functional groups attached to an aromatic ring is 1. The second kappa shape index (κ2) is 6.81. The van der Waals surface area contributed by atoms with Crippen LogP contribution in [0.5, 0.6) is 0 Å². The van der Waals surface area contributed by atoms with Crippen molar-refractivity contribution in [1.82, 2.24) is 19.4 Å². The molecule has 2 aromatic heterocycles. The van der Waals surface area contributed by atoms with Gasteiger partial charge in [-0.25, -0.2) is 4.68 Å². The summed E-state index contributed by atoms with van der Waals surface area (Å²) in [6.07, 6.45) is 3.27. The van der Waals surface area contributed by atoms with Crippen LogP contribution in [0.25, 0.3) is 0 Å². The van der Waals surface area contributed by atoms with Gasteiger partial charge in [0.2, 0.25) is 10.7 Å². The molecule has 0 amide bonds. The summed E-state index contributed by atoms with van der Waals surface area (Å²) in [4.78, 5) is 16.3. The van der Waals surface area contributed by atoms with E-state index in [1.807, 2.05) is 0 Å². The molecule has 3 rings (SSSR count). The minimum atomic E-state index is -0.142. The number of halogens is 1. The van der Waals surface area contributed by atoms with Gasteiger partial charge in [-0.15, -0.1) is 5.10 Å². The number of nitrogens with zero attached hydrogens (tertiary/aromatic N) is 4. The Labute approximate surface area is 147 Å². The SMILES string of the molecule is Nc1nn(CC(=O)c2ccc(Cl)cc2)c(=S)n1Nc1ccncc1. The van der Waals surface area contributed by atoms with Crippen molar-refractivity contribution in [3.05, 3.63) is 64.1 Å². The zero-order valence-electron chi connectivity index (χ0n) is 12.4. The van der Waals surface area contributed by atoms with E-state index in [0.29, 0.717) is 10.6 Å². The highest BCUT2D eigenvalue weighted by Gasteiger charge is 2.13.